The van der Waals surface area contributed by atoms with Crippen molar-refractivity contribution in [2.45, 2.75) is 12.8 Å². The number of non-ortho nitro benzene ring substituents is 1. The van der Waals surface area contributed by atoms with Crippen LogP contribution < -0.4 is 10.6 Å². The predicted molar refractivity (Wildman–Crippen MR) is 78.2 cm³/mol. The molecule has 1 heterocycles. The lowest BCUT2D eigenvalue weighted by molar-refractivity contribution is -0.385. The molecule has 0 spiro atoms. The summed E-state index contributed by atoms with van der Waals surface area (Å²) in [7, 11) is 0. The average molecular weight is 318 g/mol. The Morgan fingerprint density at radius 3 is 2.86 bits per heavy atom. The first-order valence-electron chi connectivity index (χ1n) is 6.51. The van der Waals surface area contributed by atoms with Crippen LogP contribution in [0, 0.1) is 21.8 Å². The van der Waals surface area contributed by atoms with Crippen LogP contribution in [0.25, 0.3) is 0 Å². The zero-order chi connectivity index (χ0) is 14.5. The summed E-state index contributed by atoms with van der Waals surface area (Å²) in [5, 5.41) is 16.4. The van der Waals surface area contributed by atoms with Gasteiger partial charge in [-0.1, -0.05) is 0 Å². The van der Waals surface area contributed by atoms with Crippen LogP contribution in [0.3, 0.4) is 0 Å². The summed E-state index contributed by atoms with van der Waals surface area (Å²) < 4.78 is 13.6. The number of carbonyl (C=O) groups excluding carboxylic acids is 1. The summed E-state index contributed by atoms with van der Waals surface area (Å²) >= 11 is 0. The SMILES string of the molecule is Cl.O=C(NCC1CCCNC1)c1ccc([N+](=O)[O-])cc1F. The van der Waals surface area contributed by atoms with Crippen molar-refractivity contribution >= 4 is 24.0 Å². The van der Waals surface area contributed by atoms with E-state index >= 15 is 0 Å². The van der Waals surface area contributed by atoms with Crippen molar-refractivity contribution in [1.29, 1.82) is 0 Å². The Balaban J connectivity index is 0.00000220. The Labute approximate surface area is 127 Å². The highest BCUT2D eigenvalue weighted by atomic mass is 35.5. The minimum absolute atomic E-state index is 0. The number of nitro groups is 1. The van der Waals surface area contributed by atoms with E-state index in [1.165, 1.54) is 0 Å². The van der Waals surface area contributed by atoms with Crippen molar-refractivity contribution in [1.82, 2.24) is 10.6 Å². The lowest BCUT2D eigenvalue weighted by Crippen LogP contribution is -2.38. The van der Waals surface area contributed by atoms with E-state index < -0.39 is 16.6 Å². The highest BCUT2D eigenvalue weighted by Gasteiger charge is 2.18. The van der Waals surface area contributed by atoms with Crippen LogP contribution >= 0.6 is 12.4 Å². The number of amides is 1. The summed E-state index contributed by atoms with van der Waals surface area (Å²) in [6.07, 6.45) is 2.09. The molecule has 6 nitrogen and oxygen atoms in total. The smallest absolute Gasteiger partial charge is 0.272 e. The molecule has 1 aromatic rings. The Bertz CT molecular complexity index is 521. The van der Waals surface area contributed by atoms with Crippen LogP contribution in [-0.2, 0) is 0 Å². The van der Waals surface area contributed by atoms with Crippen LogP contribution in [0.15, 0.2) is 18.2 Å². The van der Waals surface area contributed by atoms with Crippen LogP contribution in [0.4, 0.5) is 10.1 Å². The van der Waals surface area contributed by atoms with Gasteiger partial charge in [-0.05, 0) is 37.9 Å². The molecule has 1 aliphatic rings. The fourth-order valence-corrected chi connectivity index (χ4v) is 2.23. The molecule has 1 atom stereocenters. The number of hydrogen-bond acceptors (Lipinski definition) is 4. The van der Waals surface area contributed by atoms with E-state index in [-0.39, 0.29) is 23.7 Å². The molecule has 1 saturated heterocycles. The van der Waals surface area contributed by atoms with Crippen molar-refractivity contribution in [2.24, 2.45) is 5.92 Å². The first kappa shape index (κ1) is 17.3. The van der Waals surface area contributed by atoms with Gasteiger partial charge in [0.15, 0.2) is 0 Å². The number of nitrogens with zero attached hydrogens (tertiary/aromatic N) is 1. The maximum absolute atomic E-state index is 13.6. The third-order valence-electron chi connectivity index (χ3n) is 3.36. The quantitative estimate of drug-likeness (QED) is 0.656. The van der Waals surface area contributed by atoms with E-state index in [9.17, 15) is 19.3 Å². The molecule has 0 radical (unpaired) electrons. The number of halogens is 2. The second kappa shape index (κ2) is 7.90. The third kappa shape index (κ3) is 4.64. The summed E-state index contributed by atoms with van der Waals surface area (Å²) in [6, 6.07) is 3.03. The van der Waals surface area contributed by atoms with Gasteiger partial charge in [0.2, 0.25) is 0 Å². The van der Waals surface area contributed by atoms with Crippen molar-refractivity contribution in [3.05, 3.63) is 39.7 Å². The lowest BCUT2D eigenvalue weighted by atomic mass is 9.99. The van der Waals surface area contributed by atoms with E-state index in [1.807, 2.05) is 0 Å². The Morgan fingerprint density at radius 2 is 2.29 bits per heavy atom. The fraction of sp³-hybridized carbons (Fsp3) is 0.462. The summed E-state index contributed by atoms with van der Waals surface area (Å²) in [5.41, 5.74) is -0.533. The molecule has 21 heavy (non-hydrogen) atoms. The molecule has 2 N–H and O–H groups in total. The highest BCUT2D eigenvalue weighted by Crippen LogP contribution is 2.16. The zero-order valence-electron chi connectivity index (χ0n) is 11.3. The van der Waals surface area contributed by atoms with Gasteiger partial charge in [-0.3, -0.25) is 14.9 Å². The van der Waals surface area contributed by atoms with E-state index in [0.717, 1.165) is 44.1 Å². The molecule has 0 bridgehead atoms. The largest absolute Gasteiger partial charge is 0.352 e. The summed E-state index contributed by atoms with van der Waals surface area (Å²) in [4.78, 5) is 21.6. The normalized spacial score (nSPS) is 17.7. The second-order valence-electron chi connectivity index (χ2n) is 4.84. The van der Waals surface area contributed by atoms with Gasteiger partial charge in [0.05, 0.1) is 16.6 Å². The van der Waals surface area contributed by atoms with Crippen LogP contribution in [0.2, 0.25) is 0 Å². The first-order chi connectivity index (χ1) is 9.58. The van der Waals surface area contributed by atoms with E-state index in [2.05, 4.69) is 10.6 Å². The maximum Gasteiger partial charge on any atom is 0.272 e. The van der Waals surface area contributed by atoms with Gasteiger partial charge in [-0.25, -0.2) is 4.39 Å². The minimum atomic E-state index is -0.876. The van der Waals surface area contributed by atoms with Gasteiger partial charge in [0.1, 0.15) is 5.82 Å². The second-order valence-corrected chi connectivity index (χ2v) is 4.84. The summed E-state index contributed by atoms with van der Waals surface area (Å²) in [6.45, 7) is 2.30. The summed E-state index contributed by atoms with van der Waals surface area (Å²) in [5.74, 6) is -1.07. The third-order valence-corrected chi connectivity index (χ3v) is 3.36. The Kier molecular flexibility index (Phi) is 6.51. The van der Waals surface area contributed by atoms with Crippen molar-refractivity contribution in [3.8, 4) is 0 Å². The Morgan fingerprint density at radius 1 is 1.52 bits per heavy atom. The molecule has 1 unspecified atom stereocenters. The standard InChI is InChI=1S/C13H16FN3O3.ClH/c14-12-6-10(17(19)20)3-4-11(12)13(18)16-8-9-2-1-5-15-7-9;/h3-4,6,9,15H,1-2,5,7-8H2,(H,16,18);1H. The molecule has 0 aromatic heterocycles. The maximum atomic E-state index is 13.6. The van der Waals surface area contributed by atoms with Gasteiger partial charge in [-0.2, -0.15) is 0 Å². The van der Waals surface area contributed by atoms with Gasteiger partial charge in [0.25, 0.3) is 11.6 Å². The monoisotopic (exact) mass is 317 g/mol. The van der Waals surface area contributed by atoms with Gasteiger partial charge in [-0.15, -0.1) is 12.4 Å². The van der Waals surface area contributed by atoms with Gasteiger partial charge in [0, 0.05) is 12.6 Å². The molecular formula is C13H17ClFN3O3. The van der Waals surface area contributed by atoms with Crippen molar-refractivity contribution in [3.63, 3.8) is 0 Å². The number of carbonyl (C=O) groups is 1. The van der Waals surface area contributed by atoms with Crippen LogP contribution in [0.1, 0.15) is 23.2 Å². The number of nitrogens with one attached hydrogen (secondary N) is 2. The molecular weight excluding hydrogens is 301 g/mol. The molecule has 1 amide bonds. The van der Waals surface area contributed by atoms with Crippen LogP contribution in [-0.4, -0.2) is 30.5 Å². The minimum Gasteiger partial charge on any atom is -0.352 e. The first-order valence-corrected chi connectivity index (χ1v) is 6.51. The topological polar surface area (TPSA) is 84.3 Å². The number of benzene rings is 1. The van der Waals surface area contributed by atoms with Gasteiger partial charge < -0.3 is 10.6 Å². The molecule has 8 heteroatoms. The predicted octanol–water partition coefficient (Wildman–Crippen LogP) is 1.89. The molecule has 1 aliphatic heterocycles. The lowest BCUT2D eigenvalue weighted by Gasteiger charge is -2.22. The van der Waals surface area contributed by atoms with E-state index in [4.69, 9.17) is 0 Å². The molecule has 1 fully saturated rings. The number of hydrogen-bond donors (Lipinski definition) is 2. The molecule has 116 valence electrons. The molecule has 1 aromatic carbocycles. The average Bonchev–Trinajstić information content (AvgIpc) is 2.45. The zero-order valence-corrected chi connectivity index (χ0v) is 12.1. The fourth-order valence-electron chi connectivity index (χ4n) is 2.23. The number of nitro benzene ring substituents is 1. The van der Waals surface area contributed by atoms with E-state index in [0.29, 0.717) is 12.5 Å². The van der Waals surface area contributed by atoms with Gasteiger partial charge >= 0.3 is 0 Å². The highest BCUT2D eigenvalue weighted by molar-refractivity contribution is 5.94. The molecule has 2 rings (SSSR count). The Hall–Kier alpha value is -1.73. The van der Waals surface area contributed by atoms with Crippen LogP contribution in [0.5, 0.6) is 0 Å². The molecule has 0 aliphatic carbocycles. The number of rotatable bonds is 4. The van der Waals surface area contributed by atoms with Crippen molar-refractivity contribution in [2.75, 3.05) is 19.6 Å². The van der Waals surface area contributed by atoms with Crippen molar-refractivity contribution < 1.29 is 14.1 Å². The van der Waals surface area contributed by atoms with E-state index in [1.54, 1.807) is 0 Å². The number of piperidine rings is 1. The molecule has 0 saturated carbocycles.